The van der Waals surface area contributed by atoms with E-state index in [9.17, 15) is 39.3 Å². The maximum atomic E-state index is 15.4. The molecule has 0 spiro atoms. The van der Waals surface area contributed by atoms with Crippen molar-refractivity contribution in [2.24, 2.45) is 22.7 Å². The van der Waals surface area contributed by atoms with E-state index in [2.05, 4.69) is 5.32 Å². The van der Waals surface area contributed by atoms with Crippen LogP contribution < -0.4 is 5.32 Å². The number of Topliss-reactive ketones (excluding diaryl/α,β-unsaturated/α-hetero) is 2. The molecule has 7 rings (SSSR count). The highest BCUT2D eigenvalue weighted by Gasteiger charge is 2.78. The lowest BCUT2D eigenvalue weighted by molar-refractivity contribution is -0.345. The number of ether oxygens (including phenoxy) is 4. The Balaban J connectivity index is 0.00000641. The van der Waals surface area contributed by atoms with Gasteiger partial charge in [-0.1, -0.05) is 80.6 Å². The summed E-state index contributed by atoms with van der Waals surface area (Å²) in [5.74, 6) is -8.05. The van der Waals surface area contributed by atoms with Crippen LogP contribution in [0.4, 0.5) is 0 Å². The average Bonchev–Trinajstić information content (AvgIpc) is 3.23. The van der Waals surface area contributed by atoms with Gasteiger partial charge in [-0.3, -0.25) is 19.2 Å². The fourth-order valence-corrected chi connectivity index (χ4v) is 10.4. The molecule has 330 valence electrons. The van der Waals surface area contributed by atoms with Crippen LogP contribution in [-0.4, -0.2) is 105 Å². The first-order chi connectivity index (χ1) is 28.8. The molecule has 62 heavy (non-hydrogen) atoms. The summed E-state index contributed by atoms with van der Waals surface area (Å²) in [4.78, 5) is 84.4. The zero-order valence-electron chi connectivity index (χ0n) is 35.3. The number of fused-ring (bicyclic) bond motifs is 5. The summed E-state index contributed by atoms with van der Waals surface area (Å²) < 4.78 is 24.4. The summed E-state index contributed by atoms with van der Waals surface area (Å²) in [5, 5.41) is 40.2. The molecule has 3 aromatic carbocycles. The number of hydrogen-bond donors (Lipinski definition) is 4. The van der Waals surface area contributed by atoms with Gasteiger partial charge in [0.05, 0.1) is 41.6 Å². The third-order valence-corrected chi connectivity index (χ3v) is 13.7. The van der Waals surface area contributed by atoms with E-state index in [0.29, 0.717) is 5.56 Å². The number of aliphatic hydroxyl groups excluding tert-OH is 2. The van der Waals surface area contributed by atoms with Gasteiger partial charge in [0.1, 0.15) is 29.7 Å². The van der Waals surface area contributed by atoms with Crippen LogP contribution >= 0.6 is 0 Å². The molecule has 3 aromatic rings. The number of nitrogens with one attached hydrogen (secondary N) is 1. The van der Waals surface area contributed by atoms with E-state index in [4.69, 9.17) is 18.9 Å². The molecule has 2 unspecified atom stereocenters. The normalized spacial score (nSPS) is 31.7. The minimum absolute atomic E-state index is 0. The second kappa shape index (κ2) is 16.9. The van der Waals surface area contributed by atoms with Crippen molar-refractivity contribution in [3.63, 3.8) is 0 Å². The third-order valence-electron chi connectivity index (χ3n) is 13.7. The Morgan fingerprint density at radius 3 is 1.95 bits per heavy atom. The summed E-state index contributed by atoms with van der Waals surface area (Å²) in [6.07, 6.45) is -8.50. The topological polar surface area (TPSA) is 244 Å². The number of aliphatic hydroxyl groups is 3. The average molecular weight is 856 g/mol. The molecule has 1 amide bonds. The highest BCUT2D eigenvalue weighted by Crippen LogP contribution is 2.65. The van der Waals surface area contributed by atoms with Crippen LogP contribution in [0.2, 0.25) is 0 Å². The van der Waals surface area contributed by atoms with Gasteiger partial charge in [0, 0.05) is 30.7 Å². The molecule has 0 radical (unpaired) electrons. The van der Waals surface area contributed by atoms with Crippen LogP contribution in [0.25, 0.3) is 0 Å². The molecule has 2 bridgehead atoms. The fourth-order valence-electron chi connectivity index (χ4n) is 10.4. The molecular weight excluding hydrogens is 803 g/mol. The van der Waals surface area contributed by atoms with Crippen molar-refractivity contribution in [3.8, 4) is 0 Å². The molecule has 15 nitrogen and oxygen atoms in total. The quantitative estimate of drug-likeness (QED) is 0.0993. The number of carbonyl (C=O) groups is 6. The SMILES string of the molecule is CC(=O)O[C@@]12COC1C[C@H](O)C1(C)C(=O)[C@H](C(C)=O)C3=C(C)[C@@H](OC(=O)[C@H](O)[C@@H](NC(=O)c4ccccc4)c4ccccc4)C[C@@](O)([C@@H](OC(=O)c4ccccc4)[C@@H]12)C3(C)C.O. The molecule has 3 aliphatic carbocycles. The lowest BCUT2D eigenvalue weighted by Gasteiger charge is -2.67. The van der Waals surface area contributed by atoms with Crippen molar-refractivity contribution in [2.75, 3.05) is 6.61 Å². The number of carbonyl (C=O) groups excluding carboxylic acids is 6. The highest BCUT2D eigenvalue weighted by molar-refractivity contribution is 6.08. The predicted octanol–water partition coefficient (Wildman–Crippen LogP) is 3.18. The first-order valence-corrected chi connectivity index (χ1v) is 20.3. The van der Waals surface area contributed by atoms with Crippen molar-refractivity contribution in [3.05, 3.63) is 119 Å². The number of hydrogen-bond acceptors (Lipinski definition) is 13. The summed E-state index contributed by atoms with van der Waals surface area (Å²) in [6.45, 7) is 8.23. The van der Waals surface area contributed by atoms with Gasteiger partial charge >= 0.3 is 17.9 Å². The van der Waals surface area contributed by atoms with E-state index in [1.54, 1.807) is 99.6 Å². The van der Waals surface area contributed by atoms with Gasteiger partial charge in [-0.2, -0.15) is 0 Å². The first-order valence-electron chi connectivity index (χ1n) is 20.3. The van der Waals surface area contributed by atoms with Gasteiger partial charge in [0.15, 0.2) is 17.5 Å². The zero-order chi connectivity index (χ0) is 44.2. The number of rotatable bonds is 10. The van der Waals surface area contributed by atoms with E-state index < -0.39 is 112 Å². The van der Waals surface area contributed by atoms with Crippen molar-refractivity contribution in [2.45, 2.75) is 102 Å². The fraction of sp³-hybridized carbons (Fsp3) is 0.447. The lowest BCUT2D eigenvalue weighted by Crippen LogP contribution is -2.81. The number of amides is 1. The Kier molecular flexibility index (Phi) is 12.6. The summed E-state index contributed by atoms with van der Waals surface area (Å²) in [6, 6.07) is 23.1. The van der Waals surface area contributed by atoms with Crippen molar-refractivity contribution < 1.29 is 68.5 Å². The van der Waals surface area contributed by atoms with Gasteiger partial charge in [-0.05, 0) is 61.7 Å². The lowest BCUT2D eigenvalue weighted by atomic mass is 9.43. The Bertz CT molecular complexity index is 2260. The molecule has 3 fully saturated rings. The Morgan fingerprint density at radius 2 is 1.42 bits per heavy atom. The van der Waals surface area contributed by atoms with Crippen molar-refractivity contribution >= 4 is 35.4 Å². The highest BCUT2D eigenvalue weighted by atomic mass is 16.6. The van der Waals surface area contributed by atoms with Crippen LogP contribution in [0, 0.1) is 22.7 Å². The Morgan fingerprint density at radius 1 is 0.855 bits per heavy atom. The smallest absolute Gasteiger partial charge is 0.338 e. The van der Waals surface area contributed by atoms with Gasteiger partial charge in [0.2, 0.25) is 0 Å². The molecule has 6 N–H and O–H groups in total. The molecule has 11 atom stereocenters. The molecule has 15 heteroatoms. The monoisotopic (exact) mass is 855 g/mol. The largest absolute Gasteiger partial charge is 0.456 e. The van der Waals surface area contributed by atoms with Crippen LogP contribution in [-0.2, 0) is 38.1 Å². The van der Waals surface area contributed by atoms with Crippen LogP contribution in [0.1, 0.15) is 86.7 Å². The summed E-state index contributed by atoms with van der Waals surface area (Å²) in [5.41, 5.74) is -6.70. The van der Waals surface area contributed by atoms with Gasteiger partial charge in [-0.15, -0.1) is 0 Å². The van der Waals surface area contributed by atoms with Crippen molar-refractivity contribution in [1.29, 1.82) is 0 Å². The first kappa shape index (κ1) is 45.9. The van der Waals surface area contributed by atoms with E-state index in [0.717, 1.165) is 6.92 Å². The minimum atomic E-state index is -2.35. The molecule has 0 aromatic heterocycles. The second-order valence-corrected chi connectivity index (χ2v) is 17.4. The maximum Gasteiger partial charge on any atom is 0.338 e. The van der Waals surface area contributed by atoms with E-state index in [1.807, 2.05) is 0 Å². The molecule has 1 aliphatic heterocycles. The summed E-state index contributed by atoms with van der Waals surface area (Å²) >= 11 is 0. The van der Waals surface area contributed by atoms with Crippen LogP contribution in [0.15, 0.2) is 102 Å². The maximum absolute atomic E-state index is 15.4. The Hall–Kier alpha value is -5.58. The third kappa shape index (κ3) is 7.34. The van der Waals surface area contributed by atoms with Crippen LogP contribution in [0.5, 0.6) is 0 Å². The van der Waals surface area contributed by atoms with Crippen LogP contribution in [0.3, 0.4) is 0 Å². The predicted molar refractivity (Wildman–Crippen MR) is 220 cm³/mol. The number of esters is 3. The Labute approximate surface area is 358 Å². The number of ketones is 2. The van der Waals surface area contributed by atoms with Gasteiger partial charge in [0.25, 0.3) is 5.91 Å². The van der Waals surface area contributed by atoms with Crippen molar-refractivity contribution in [1.82, 2.24) is 5.32 Å². The number of benzene rings is 3. The summed E-state index contributed by atoms with van der Waals surface area (Å²) in [7, 11) is 0. The van der Waals surface area contributed by atoms with E-state index >= 15 is 4.79 Å². The van der Waals surface area contributed by atoms with E-state index in [-0.39, 0.29) is 40.8 Å². The standard InChI is InChI=1S/C47H51NO13.H2O/c1-25-31(59-43(56)37(52)36(28-16-10-7-11-17-28)48-41(54)29-18-12-8-13-19-29)23-47(57)40(60-42(55)30-20-14-9-15-21-30)38-45(6,39(53)34(26(2)49)35(25)44(47,4)5)32(51)22-33-46(38,24-58-33)61-27(3)50;/h7-21,31-34,36-38,40,51-52,57H,22-24H2,1-6H3,(H,48,54);1H2/t31-,32-,33?,34+,36-,37+,38-,40-,45?,46-,47+;/m0./s1. The molecule has 2 saturated carbocycles. The molecule has 1 saturated heterocycles. The van der Waals surface area contributed by atoms with Gasteiger partial charge < -0.3 is 45.1 Å². The zero-order valence-corrected chi connectivity index (χ0v) is 35.3. The molecule has 1 heterocycles. The molecular formula is C47H53NO14. The van der Waals surface area contributed by atoms with E-state index in [1.165, 1.54) is 26.0 Å². The second-order valence-electron chi connectivity index (χ2n) is 17.4. The molecule has 4 aliphatic rings. The minimum Gasteiger partial charge on any atom is -0.456 e. The van der Waals surface area contributed by atoms with Gasteiger partial charge in [-0.25, -0.2) is 9.59 Å².